The van der Waals surface area contributed by atoms with Crippen molar-refractivity contribution in [3.8, 4) is 5.75 Å². The van der Waals surface area contributed by atoms with Gasteiger partial charge in [-0.15, -0.1) is 0 Å². The summed E-state index contributed by atoms with van der Waals surface area (Å²) in [4.78, 5) is 10.5. The lowest BCUT2D eigenvalue weighted by atomic mass is 9.74. The predicted octanol–water partition coefficient (Wildman–Crippen LogP) is 7.08. The molecule has 2 aliphatic rings. The molecule has 0 radical (unpaired) electrons. The standard InChI is InChI=1S/C60H68F4N2O22S5/c1-59(21-13-33-89(68,69)70)51(66(24-26-83-3)48-20-18-41-43(54(48)59)34-39(90(71,72)73)36-49(41)92(77,78)79)14-9-6-5-7-10-15-52-60(2,22-25-85-29-30-87-32-31-86-28-27-84-4)55-44-35-40(91(74,75)76)37-50(93(80,81)82)42(44)17-19-47(55)65(52)23-12-8-11-16-53(67)88-58-56(63)45(61)38-46(62)57(58)64/h5-7,9-10,14-15,17-20,34-38H,8,11-13,16,21-33H2,1-4H3,(H4-,68,69,70,71,72,73,74,75,76,77,78,79,80,81,82)/p-4. The fraction of sp³-hybridized carbons (Fsp3) is 0.400. The molecule has 5 aromatic carbocycles. The maximum absolute atomic E-state index is 14.4. The molecule has 2 heterocycles. The van der Waals surface area contributed by atoms with Gasteiger partial charge in [-0.25, -0.2) is 50.9 Å². The molecular formula is C60H64F4N2O22S5-4. The zero-order valence-corrected chi connectivity index (χ0v) is 54.5. The van der Waals surface area contributed by atoms with Crippen LogP contribution in [0.4, 0.5) is 28.9 Å². The van der Waals surface area contributed by atoms with Crippen molar-refractivity contribution in [2.24, 2.45) is 0 Å². The van der Waals surface area contributed by atoms with E-state index < -0.39 is 128 Å². The number of unbranched alkanes of at least 4 members (excludes halogenated alkanes) is 2. The Labute approximate surface area is 535 Å². The van der Waals surface area contributed by atoms with Crippen LogP contribution in [0.25, 0.3) is 21.5 Å². The van der Waals surface area contributed by atoms with Crippen LogP contribution in [0.1, 0.15) is 69.9 Å². The second kappa shape index (κ2) is 30.5. The predicted molar refractivity (Wildman–Crippen MR) is 322 cm³/mol. The van der Waals surface area contributed by atoms with Crippen LogP contribution in [0.2, 0.25) is 0 Å². The third kappa shape index (κ3) is 17.7. The number of benzene rings is 5. The highest BCUT2D eigenvalue weighted by atomic mass is 32.2. The highest BCUT2D eigenvalue weighted by Crippen LogP contribution is 2.54. The molecular weight excluding hydrogens is 1340 g/mol. The highest BCUT2D eigenvalue weighted by Gasteiger charge is 2.49. The van der Waals surface area contributed by atoms with Crippen molar-refractivity contribution in [2.45, 2.75) is 89.2 Å². The fourth-order valence-electron chi connectivity index (χ4n) is 11.4. The summed E-state index contributed by atoms with van der Waals surface area (Å²) in [5.74, 6) is -11.1. The van der Waals surface area contributed by atoms with Crippen molar-refractivity contribution < 1.29 is 120 Å². The lowest BCUT2D eigenvalue weighted by molar-refractivity contribution is -0.441. The molecule has 24 nitrogen and oxygen atoms in total. The SMILES string of the molecule is COCCOCCOCCOCCC1(C)\C(=C/C=C/C=C/C=C/C2=[N+](CCOC)c3ccc4c(S(=O)(=O)[O-])cc(S(=O)(=O)[O-])cc4c3C2(C)CCCS(=O)(=O)[O-])N(CCCCCC(=O)Oc2c(F)c(F)cc(F)c2F)c2ccc3c(S(=O)(=O)[O-])cc(S(=O)(=O)[O-])cc3c21. The molecule has 0 saturated heterocycles. The highest BCUT2D eigenvalue weighted by molar-refractivity contribution is 7.87. The Kier molecular flexibility index (Phi) is 24.3. The Morgan fingerprint density at radius 3 is 1.63 bits per heavy atom. The number of methoxy groups -OCH3 is 2. The molecule has 7 rings (SSSR count). The summed E-state index contributed by atoms with van der Waals surface area (Å²) in [6.45, 7) is 4.94. The quantitative estimate of drug-likeness (QED) is 0.00580. The first-order valence-corrected chi connectivity index (χ1v) is 35.7. The normalized spacial score (nSPS) is 17.8. The van der Waals surface area contributed by atoms with E-state index in [0.717, 1.165) is 12.1 Å². The molecule has 0 N–H and O–H groups in total. The van der Waals surface area contributed by atoms with Gasteiger partial charge in [0, 0.05) is 85.5 Å². The lowest BCUT2D eigenvalue weighted by Crippen LogP contribution is -2.32. The molecule has 33 heteroatoms. The monoisotopic (exact) mass is 1400 g/mol. The number of carbonyl (C=O) groups excluding carboxylic acids is 1. The van der Waals surface area contributed by atoms with Crippen molar-refractivity contribution in [2.75, 3.05) is 90.8 Å². The molecule has 0 aliphatic carbocycles. The maximum Gasteiger partial charge on any atom is 0.311 e. The van der Waals surface area contributed by atoms with Crippen LogP contribution in [0.5, 0.6) is 5.75 Å². The third-order valence-electron chi connectivity index (χ3n) is 15.6. The smallest absolute Gasteiger partial charge is 0.311 e. The molecule has 0 fully saturated rings. The number of halogens is 4. The number of hydrogen-bond acceptors (Lipinski definition) is 23. The van der Waals surface area contributed by atoms with Gasteiger partial charge in [-0.05, 0) is 110 Å². The number of ether oxygens (including phenoxy) is 6. The third-order valence-corrected chi connectivity index (χ3v) is 19.8. The molecule has 2 aliphatic heterocycles. The Balaban J connectivity index is 1.29. The van der Waals surface area contributed by atoms with Gasteiger partial charge in [0.2, 0.25) is 23.1 Å². The number of allylic oxidation sites excluding steroid dienone is 8. The summed E-state index contributed by atoms with van der Waals surface area (Å²) < 4.78 is 278. The van der Waals surface area contributed by atoms with Crippen molar-refractivity contribution >= 4 is 95.2 Å². The van der Waals surface area contributed by atoms with E-state index in [9.17, 15) is 87.2 Å². The van der Waals surface area contributed by atoms with E-state index in [1.165, 1.54) is 38.5 Å². The van der Waals surface area contributed by atoms with Crippen molar-refractivity contribution in [3.63, 3.8) is 0 Å². The molecule has 93 heavy (non-hydrogen) atoms. The number of rotatable bonds is 34. The fourth-order valence-corrected chi connectivity index (χ4v) is 14.6. The van der Waals surface area contributed by atoms with Crippen LogP contribution in [0.3, 0.4) is 0 Å². The minimum atomic E-state index is -5.46. The molecule has 0 amide bonds. The molecule has 0 bridgehead atoms. The van der Waals surface area contributed by atoms with Gasteiger partial charge in [0.1, 0.15) is 47.1 Å². The summed E-state index contributed by atoms with van der Waals surface area (Å²) in [5, 5.41) is -0.685. The number of nitrogens with zero attached hydrogens (tertiary/aromatic N) is 2. The Bertz CT molecular complexity index is 4400. The Morgan fingerprint density at radius 1 is 0.559 bits per heavy atom. The molecule has 2 atom stereocenters. The van der Waals surface area contributed by atoms with E-state index in [0.29, 0.717) is 48.1 Å². The zero-order valence-electron chi connectivity index (χ0n) is 50.4. The Morgan fingerprint density at radius 2 is 1.09 bits per heavy atom. The first-order chi connectivity index (χ1) is 43.6. The van der Waals surface area contributed by atoms with Gasteiger partial charge in [-0.2, -0.15) is 13.4 Å². The molecule has 508 valence electrons. The summed E-state index contributed by atoms with van der Waals surface area (Å²) in [7, 11) is -23.6. The van der Waals surface area contributed by atoms with Gasteiger partial charge in [0.25, 0.3) is 0 Å². The minimum absolute atomic E-state index is 0.00395. The van der Waals surface area contributed by atoms with E-state index in [1.54, 1.807) is 65.9 Å². The van der Waals surface area contributed by atoms with Crippen LogP contribution in [-0.2, 0) is 89.9 Å². The van der Waals surface area contributed by atoms with Crippen LogP contribution in [-0.4, -0.2) is 167 Å². The number of carbonyl (C=O) groups is 1. The number of anilines is 1. The van der Waals surface area contributed by atoms with E-state index in [-0.39, 0.29) is 130 Å². The summed E-state index contributed by atoms with van der Waals surface area (Å²) >= 11 is 0. The second-order valence-corrected chi connectivity index (χ2v) is 28.8. The van der Waals surface area contributed by atoms with Crippen LogP contribution >= 0.6 is 0 Å². The van der Waals surface area contributed by atoms with Gasteiger partial charge in [-0.1, -0.05) is 42.9 Å². The molecule has 0 saturated carbocycles. The maximum atomic E-state index is 14.4. The van der Waals surface area contributed by atoms with E-state index in [4.69, 9.17) is 23.7 Å². The zero-order chi connectivity index (χ0) is 68.5. The number of fused-ring (bicyclic) bond motifs is 6. The molecule has 0 spiro atoms. The topological polar surface area (TPSA) is 365 Å². The van der Waals surface area contributed by atoms with Crippen LogP contribution in [0, 0.1) is 23.3 Å². The minimum Gasteiger partial charge on any atom is -0.748 e. The molecule has 2 unspecified atom stereocenters. The van der Waals surface area contributed by atoms with E-state index >= 15 is 0 Å². The van der Waals surface area contributed by atoms with Crippen molar-refractivity contribution in [1.29, 1.82) is 0 Å². The van der Waals surface area contributed by atoms with Crippen LogP contribution < -0.4 is 9.64 Å². The number of hydrogen-bond donors (Lipinski definition) is 0. The van der Waals surface area contributed by atoms with Crippen molar-refractivity contribution in [3.05, 3.63) is 137 Å². The summed E-state index contributed by atoms with van der Waals surface area (Å²) in [6, 6.07) is 8.29. The van der Waals surface area contributed by atoms with Gasteiger partial charge in [0.05, 0.1) is 74.8 Å². The van der Waals surface area contributed by atoms with Crippen molar-refractivity contribution in [1.82, 2.24) is 0 Å². The Hall–Kier alpha value is -6.41. The average Bonchev–Trinajstić information content (AvgIpc) is 1.60. The summed E-state index contributed by atoms with van der Waals surface area (Å²) in [5.41, 5.74) is -0.716. The van der Waals surface area contributed by atoms with Gasteiger partial charge < -0.3 is 56.1 Å². The molecule has 0 aromatic heterocycles. The first-order valence-electron chi connectivity index (χ1n) is 28.5. The van der Waals surface area contributed by atoms with Gasteiger partial charge >= 0.3 is 5.97 Å². The lowest BCUT2D eigenvalue weighted by Gasteiger charge is -2.31. The van der Waals surface area contributed by atoms with Crippen LogP contribution in [0.15, 0.2) is 122 Å². The second-order valence-electron chi connectivity index (χ2n) is 21.8. The average molecular weight is 1400 g/mol. The van der Waals surface area contributed by atoms with Gasteiger partial charge in [0.15, 0.2) is 23.9 Å². The van der Waals surface area contributed by atoms with Gasteiger partial charge in [-0.3, -0.25) is 4.79 Å². The first kappa shape index (κ1) is 74.0. The van der Waals surface area contributed by atoms with E-state index in [1.807, 2.05) is 0 Å². The summed E-state index contributed by atoms with van der Waals surface area (Å²) in [6.07, 6.45) is 10.7. The number of esters is 1. The molecule has 5 aromatic rings. The van der Waals surface area contributed by atoms with E-state index in [2.05, 4.69) is 4.74 Å². The largest absolute Gasteiger partial charge is 0.748 e.